The second-order valence-electron chi connectivity index (χ2n) is 3.47. The van der Waals surface area contributed by atoms with Gasteiger partial charge in [0.15, 0.2) is 0 Å². The second-order valence-corrected chi connectivity index (χ2v) is 4.45. The van der Waals surface area contributed by atoms with Crippen molar-refractivity contribution in [1.29, 1.82) is 0 Å². The number of alkyl halides is 3. The van der Waals surface area contributed by atoms with Crippen molar-refractivity contribution >= 4 is 16.5 Å². The predicted molar refractivity (Wildman–Crippen MR) is 59.0 cm³/mol. The maximum absolute atomic E-state index is 12.2. The van der Waals surface area contributed by atoms with Gasteiger partial charge in [-0.05, 0) is 12.8 Å². The topological polar surface area (TPSA) is 58.0 Å². The Morgan fingerprint density at radius 2 is 1.82 bits per heavy atom. The first-order valence-corrected chi connectivity index (χ1v) is 6.11. The minimum absolute atomic E-state index is 0.179. The van der Waals surface area contributed by atoms with Crippen LogP contribution in [0.5, 0.6) is 0 Å². The molecule has 1 heterocycles. The van der Waals surface area contributed by atoms with Gasteiger partial charge in [0.1, 0.15) is 0 Å². The van der Waals surface area contributed by atoms with Gasteiger partial charge in [0.2, 0.25) is 10.1 Å². The smallest absolute Gasteiger partial charge is 0.396 e. The van der Waals surface area contributed by atoms with Crippen LogP contribution in [0.25, 0.3) is 0 Å². The van der Waals surface area contributed by atoms with Crippen molar-refractivity contribution in [3.8, 4) is 0 Å². The Kier molecular flexibility index (Phi) is 5.63. The number of nitrogens with zero attached hydrogens (tertiary/aromatic N) is 2. The summed E-state index contributed by atoms with van der Waals surface area (Å²) in [6, 6.07) is 0. The molecule has 0 amide bonds. The van der Waals surface area contributed by atoms with Crippen LogP contribution >= 0.6 is 11.3 Å². The van der Waals surface area contributed by atoms with E-state index in [1.165, 1.54) is 0 Å². The molecule has 1 aromatic heterocycles. The molecule has 0 aliphatic rings. The highest BCUT2D eigenvalue weighted by Gasteiger charge is 2.35. The quantitative estimate of drug-likeness (QED) is 0.747. The van der Waals surface area contributed by atoms with Crippen LogP contribution in [0.15, 0.2) is 0 Å². The molecule has 4 nitrogen and oxygen atoms in total. The molecule has 17 heavy (non-hydrogen) atoms. The van der Waals surface area contributed by atoms with Gasteiger partial charge in [-0.2, -0.15) is 13.2 Å². The van der Waals surface area contributed by atoms with Crippen molar-refractivity contribution in [3.05, 3.63) is 5.01 Å². The number of rotatable bonds is 7. The molecule has 0 aliphatic carbocycles. The maximum Gasteiger partial charge on any atom is 0.445 e. The highest BCUT2D eigenvalue weighted by molar-refractivity contribution is 7.15. The van der Waals surface area contributed by atoms with Crippen LogP contribution in [0.3, 0.4) is 0 Å². The SMILES string of the molecule is OCCCCCCNc1nnc(C(F)(F)F)s1. The van der Waals surface area contributed by atoms with Crippen molar-refractivity contribution in [2.24, 2.45) is 0 Å². The first-order valence-electron chi connectivity index (χ1n) is 5.29. The fourth-order valence-corrected chi connectivity index (χ4v) is 1.83. The van der Waals surface area contributed by atoms with Gasteiger partial charge in [0.25, 0.3) is 0 Å². The fraction of sp³-hybridized carbons (Fsp3) is 0.778. The van der Waals surface area contributed by atoms with Crippen molar-refractivity contribution < 1.29 is 18.3 Å². The third-order valence-corrected chi connectivity index (χ3v) is 2.95. The van der Waals surface area contributed by atoms with Gasteiger partial charge in [-0.1, -0.05) is 24.2 Å². The Morgan fingerprint density at radius 3 is 2.41 bits per heavy atom. The molecule has 0 saturated carbocycles. The zero-order valence-electron chi connectivity index (χ0n) is 9.13. The largest absolute Gasteiger partial charge is 0.445 e. The van der Waals surface area contributed by atoms with E-state index in [1.807, 2.05) is 0 Å². The fourth-order valence-electron chi connectivity index (χ4n) is 1.19. The number of aromatic nitrogens is 2. The Hall–Kier alpha value is -0.890. The van der Waals surface area contributed by atoms with Crippen molar-refractivity contribution in [2.45, 2.75) is 31.9 Å². The zero-order valence-corrected chi connectivity index (χ0v) is 9.94. The first-order chi connectivity index (χ1) is 8.04. The summed E-state index contributed by atoms with van der Waals surface area (Å²) in [5.41, 5.74) is 0. The predicted octanol–water partition coefficient (Wildman–Crippen LogP) is 2.52. The number of unbranched alkanes of at least 4 members (excludes halogenated alkanes) is 3. The van der Waals surface area contributed by atoms with Crippen molar-refractivity contribution in [3.63, 3.8) is 0 Å². The Bertz CT molecular complexity index is 330. The number of hydrogen-bond donors (Lipinski definition) is 2. The van der Waals surface area contributed by atoms with Crippen LogP contribution in [0.2, 0.25) is 0 Å². The van der Waals surface area contributed by atoms with E-state index in [-0.39, 0.29) is 11.7 Å². The van der Waals surface area contributed by atoms with Gasteiger partial charge in [0, 0.05) is 13.2 Å². The highest BCUT2D eigenvalue weighted by atomic mass is 32.1. The van der Waals surface area contributed by atoms with E-state index >= 15 is 0 Å². The van der Waals surface area contributed by atoms with E-state index < -0.39 is 11.2 Å². The Balaban J connectivity index is 2.21. The average Bonchev–Trinajstić information content (AvgIpc) is 2.71. The minimum Gasteiger partial charge on any atom is -0.396 e. The summed E-state index contributed by atoms with van der Waals surface area (Å²) in [5, 5.41) is 17.1. The maximum atomic E-state index is 12.2. The lowest BCUT2D eigenvalue weighted by atomic mass is 10.2. The monoisotopic (exact) mass is 269 g/mol. The molecule has 0 aromatic carbocycles. The van der Waals surface area contributed by atoms with Crippen LogP contribution in [0.4, 0.5) is 18.3 Å². The normalized spacial score (nSPS) is 11.8. The van der Waals surface area contributed by atoms with Gasteiger partial charge in [0.05, 0.1) is 0 Å². The van der Waals surface area contributed by atoms with E-state index in [0.29, 0.717) is 17.9 Å². The summed E-state index contributed by atoms with van der Waals surface area (Å²) in [4.78, 5) is 0. The summed E-state index contributed by atoms with van der Waals surface area (Å²) in [5.74, 6) is 0. The zero-order chi connectivity index (χ0) is 12.7. The summed E-state index contributed by atoms with van der Waals surface area (Å²) >= 11 is 0.510. The molecule has 0 fully saturated rings. The van der Waals surface area contributed by atoms with Crippen LogP contribution in [-0.2, 0) is 6.18 Å². The van der Waals surface area contributed by atoms with Gasteiger partial charge < -0.3 is 10.4 Å². The van der Waals surface area contributed by atoms with Gasteiger partial charge in [-0.15, -0.1) is 10.2 Å². The Morgan fingerprint density at radius 1 is 1.12 bits per heavy atom. The molecule has 0 spiro atoms. The first kappa shape index (κ1) is 14.2. The van der Waals surface area contributed by atoms with Crippen LogP contribution < -0.4 is 5.32 Å². The number of anilines is 1. The molecule has 0 atom stereocenters. The lowest BCUT2D eigenvalue weighted by Gasteiger charge is -2.01. The number of aliphatic hydroxyl groups is 1. The third-order valence-electron chi connectivity index (χ3n) is 2.03. The summed E-state index contributed by atoms with van der Waals surface area (Å²) < 4.78 is 36.6. The lowest BCUT2D eigenvalue weighted by Crippen LogP contribution is -2.03. The minimum atomic E-state index is -4.42. The molecule has 0 saturated heterocycles. The molecule has 98 valence electrons. The standard InChI is InChI=1S/C9H14F3N3OS/c10-9(11,12)7-14-15-8(17-7)13-5-3-1-2-4-6-16/h16H,1-6H2,(H,13,15). The molecular formula is C9H14F3N3OS. The molecule has 8 heteroatoms. The molecular weight excluding hydrogens is 255 g/mol. The summed E-state index contributed by atoms with van der Waals surface area (Å²) in [7, 11) is 0. The van der Waals surface area contributed by atoms with E-state index in [0.717, 1.165) is 25.7 Å². The summed E-state index contributed by atoms with van der Waals surface area (Å²) in [6.45, 7) is 0.747. The molecule has 0 aliphatic heterocycles. The highest BCUT2D eigenvalue weighted by Crippen LogP contribution is 2.32. The lowest BCUT2D eigenvalue weighted by molar-refractivity contribution is -0.138. The van der Waals surface area contributed by atoms with E-state index in [4.69, 9.17) is 5.11 Å². The van der Waals surface area contributed by atoms with Gasteiger partial charge in [-0.3, -0.25) is 0 Å². The molecule has 0 unspecified atom stereocenters. The second kappa shape index (κ2) is 6.75. The van der Waals surface area contributed by atoms with Crippen LogP contribution in [-0.4, -0.2) is 28.5 Å². The molecule has 0 radical (unpaired) electrons. The number of hydrogen-bond acceptors (Lipinski definition) is 5. The molecule has 1 rings (SSSR count). The van der Waals surface area contributed by atoms with E-state index in [2.05, 4.69) is 15.5 Å². The molecule has 0 bridgehead atoms. The number of nitrogens with one attached hydrogen (secondary N) is 1. The van der Waals surface area contributed by atoms with E-state index in [1.54, 1.807) is 0 Å². The van der Waals surface area contributed by atoms with Gasteiger partial charge in [-0.25, -0.2) is 0 Å². The van der Waals surface area contributed by atoms with Crippen molar-refractivity contribution in [2.75, 3.05) is 18.5 Å². The summed E-state index contributed by atoms with van der Waals surface area (Å²) in [6.07, 6.45) is -0.975. The van der Waals surface area contributed by atoms with Crippen molar-refractivity contribution in [1.82, 2.24) is 10.2 Å². The van der Waals surface area contributed by atoms with Crippen LogP contribution in [0, 0.1) is 0 Å². The van der Waals surface area contributed by atoms with E-state index in [9.17, 15) is 13.2 Å². The van der Waals surface area contributed by atoms with Crippen LogP contribution in [0.1, 0.15) is 30.7 Å². The van der Waals surface area contributed by atoms with Gasteiger partial charge >= 0.3 is 6.18 Å². The molecule has 2 N–H and O–H groups in total. The number of halogens is 3. The average molecular weight is 269 g/mol. The third kappa shape index (κ3) is 5.31. The number of aliphatic hydroxyl groups excluding tert-OH is 1. The Labute approximate surface area is 101 Å². The molecule has 1 aromatic rings.